The van der Waals surface area contributed by atoms with Gasteiger partial charge in [-0.15, -0.1) is 0 Å². The molecular weight excluding hydrogens is 459 g/mol. The number of benzene rings is 2. The molecule has 0 radical (unpaired) electrons. The van der Waals surface area contributed by atoms with Crippen molar-refractivity contribution in [3.8, 4) is 5.69 Å². The maximum Gasteiger partial charge on any atom is 0.257 e. The van der Waals surface area contributed by atoms with E-state index in [1.165, 1.54) is 22.6 Å². The highest BCUT2D eigenvalue weighted by molar-refractivity contribution is 7.89. The van der Waals surface area contributed by atoms with Crippen LogP contribution in [-0.2, 0) is 10.0 Å². The molecule has 3 aromatic rings. The van der Waals surface area contributed by atoms with Gasteiger partial charge in [0.25, 0.3) is 5.91 Å². The molecule has 0 spiro atoms. The van der Waals surface area contributed by atoms with E-state index in [1.54, 1.807) is 33.8 Å². The van der Waals surface area contributed by atoms with E-state index in [-0.39, 0.29) is 23.9 Å². The Balaban J connectivity index is 1.48. The van der Waals surface area contributed by atoms with Gasteiger partial charge in [0, 0.05) is 36.2 Å². The van der Waals surface area contributed by atoms with E-state index >= 15 is 0 Å². The lowest BCUT2D eigenvalue weighted by Gasteiger charge is -2.34. The van der Waals surface area contributed by atoms with Crippen LogP contribution in [0.5, 0.6) is 0 Å². The predicted octanol–water partition coefficient (Wildman–Crippen LogP) is 3.63. The van der Waals surface area contributed by atoms with E-state index in [9.17, 15) is 13.2 Å². The number of carbonyl (C=O) groups excluding carboxylic acids is 1. The van der Waals surface area contributed by atoms with Crippen LogP contribution in [0.1, 0.15) is 16.1 Å². The van der Waals surface area contributed by atoms with Gasteiger partial charge in [0.05, 0.1) is 28.0 Å². The topological polar surface area (TPSA) is 75.5 Å². The minimum Gasteiger partial charge on any atom is -0.336 e. The molecule has 7 nitrogen and oxygen atoms in total. The quantitative estimate of drug-likeness (QED) is 0.573. The molecule has 0 N–H and O–H groups in total. The summed E-state index contributed by atoms with van der Waals surface area (Å²) in [7, 11) is -3.66. The number of nitrogens with zero attached hydrogens (tertiary/aromatic N) is 4. The molecule has 1 fully saturated rings. The summed E-state index contributed by atoms with van der Waals surface area (Å²) in [4.78, 5) is 14.9. The minimum absolute atomic E-state index is 0.151. The number of piperazine rings is 1. The van der Waals surface area contributed by atoms with Crippen molar-refractivity contribution >= 4 is 39.1 Å². The summed E-state index contributed by atoms with van der Waals surface area (Å²) >= 11 is 12.0. The lowest BCUT2D eigenvalue weighted by Crippen LogP contribution is -2.50. The molecular formula is C21H20Cl2N4O3S. The normalized spacial score (nSPS) is 15.3. The van der Waals surface area contributed by atoms with Crippen molar-refractivity contribution in [1.82, 2.24) is 19.0 Å². The van der Waals surface area contributed by atoms with Crippen molar-refractivity contribution in [3.63, 3.8) is 0 Å². The van der Waals surface area contributed by atoms with E-state index in [2.05, 4.69) is 5.10 Å². The first-order valence-corrected chi connectivity index (χ1v) is 11.8. The molecule has 4 rings (SSSR count). The highest BCUT2D eigenvalue weighted by atomic mass is 35.5. The van der Waals surface area contributed by atoms with Crippen LogP contribution in [0.15, 0.2) is 59.6 Å². The zero-order valence-electron chi connectivity index (χ0n) is 16.7. The molecule has 1 aliphatic rings. The van der Waals surface area contributed by atoms with Gasteiger partial charge in [-0.3, -0.25) is 4.79 Å². The van der Waals surface area contributed by atoms with Crippen LogP contribution in [0.4, 0.5) is 0 Å². The van der Waals surface area contributed by atoms with Crippen LogP contribution in [0.25, 0.3) is 5.69 Å². The molecule has 1 aromatic heterocycles. The minimum atomic E-state index is -3.66. The first-order valence-electron chi connectivity index (χ1n) is 9.63. The SMILES string of the molecule is Cc1c(C(=O)N2CCN(S(=O)(=O)c3cccc(Cl)c3)CC2)cnn1-c1cccc(Cl)c1. The monoisotopic (exact) mass is 478 g/mol. The molecule has 162 valence electrons. The van der Waals surface area contributed by atoms with Crippen LogP contribution in [0.3, 0.4) is 0 Å². The average Bonchev–Trinajstić information content (AvgIpc) is 3.14. The summed E-state index contributed by atoms with van der Waals surface area (Å²) in [6, 6.07) is 13.4. The second-order valence-electron chi connectivity index (χ2n) is 7.19. The molecule has 0 bridgehead atoms. The fraction of sp³-hybridized carbons (Fsp3) is 0.238. The van der Waals surface area contributed by atoms with E-state index < -0.39 is 10.0 Å². The smallest absolute Gasteiger partial charge is 0.257 e. The van der Waals surface area contributed by atoms with Crippen molar-refractivity contribution in [2.45, 2.75) is 11.8 Å². The number of carbonyl (C=O) groups is 1. The molecule has 1 amide bonds. The molecule has 31 heavy (non-hydrogen) atoms. The summed E-state index contributed by atoms with van der Waals surface area (Å²) in [5.74, 6) is -0.175. The second kappa shape index (κ2) is 8.63. The Morgan fingerprint density at radius 3 is 2.26 bits per heavy atom. The van der Waals surface area contributed by atoms with Crippen LogP contribution in [-0.4, -0.2) is 59.5 Å². The van der Waals surface area contributed by atoms with Gasteiger partial charge >= 0.3 is 0 Å². The third-order valence-electron chi connectivity index (χ3n) is 5.25. The summed E-state index contributed by atoms with van der Waals surface area (Å²) in [6.45, 7) is 2.83. The zero-order valence-corrected chi connectivity index (χ0v) is 19.0. The molecule has 0 aliphatic carbocycles. The van der Waals surface area contributed by atoms with E-state index in [1.807, 2.05) is 19.1 Å². The van der Waals surface area contributed by atoms with Crippen molar-refractivity contribution in [3.05, 3.63) is 76.0 Å². The Bertz CT molecular complexity index is 1230. The average molecular weight is 479 g/mol. The number of hydrogen-bond donors (Lipinski definition) is 0. The Hall–Kier alpha value is -2.39. The van der Waals surface area contributed by atoms with Gasteiger partial charge in [-0.05, 0) is 43.3 Å². The fourth-order valence-electron chi connectivity index (χ4n) is 3.57. The highest BCUT2D eigenvalue weighted by Gasteiger charge is 2.31. The van der Waals surface area contributed by atoms with Gasteiger partial charge in [0.15, 0.2) is 0 Å². The lowest BCUT2D eigenvalue weighted by molar-refractivity contribution is 0.0697. The predicted molar refractivity (Wildman–Crippen MR) is 119 cm³/mol. The molecule has 2 aromatic carbocycles. The molecule has 0 unspecified atom stereocenters. The van der Waals surface area contributed by atoms with Crippen molar-refractivity contribution in [2.75, 3.05) is 26.2 Å². The van der Waals surface area contributed by atoms with Crippen LogP contribution < -0.4 is 0 Å². The van der Waals surface area contributed by atoms with Gasteiger partial charge in [0.2, 0.25) is 10.0 Å². The first kappa shape index (κ1) is 21.8. The van der Waals surface area contributed by atoms with Gasteiger partial charge in [-0.2, -0.15) is 9.40 Å². The first-order chi connectivity index (χ1) is 14.8. The molecule has 2 heterocycles. The van der Waals surface area contributed by atoms with Gasteiger partial charge in [-0.25, -0.2) is 13.1 Å². The van der Waals surface area contributed by atoms with E-state index in [4.69, 9.17) is 23.2 Å². The van der Waals surface area contributed by atoms with Crippen molar-refractivity contribution in [1.29, 1.82) is 0 Å². The number of hydrogen-bond acceptors (Lipinski definition) is 4. The molecule has 0 atom stereocenters. The van der Waals surface area contributed by atoms with E-state index in [0.29, 0.717) is 34.4 Å². The maximum absolute atomic E-state index is 13.1. The summed E-state index contributed by atoms with van der Waals surface area (Å²) in [5.41, 5.74) is 1.94. The number of rotatable bonds is 4. The van der Waals surface area contributed by atoms with Gasteiger partial charge in [-0.1, -0.05) is 35.3 Å². The Kier molecular flexibility index (Phi) is 6.07. The number of aromatic nitrogens is 2. The lowest BCUT2D eigenvalue weighted by atomic mass is 10.2. The maximum atomic E-state index is 13.1. The van der Waals surface area contributed by atoms with Crippen LogP contribution in [0, 0.1) is 6.92 Å². The molecule has 1 saturated heterocycles. The zero-order chi connectivity index (χ0) is 22.2. The summed E-state index contributed by atoms with van der Waals surface area (Å²) < 4.78 is 28.8. The van der Waals surface area contributed by atoms with Gasteiger partial charge < -0.3 is 4.90 Å². The van der Waals surface area contributed by atoms with Crippen molar-refractivity contribution < 1.29 is 13.2 Å². The fourth-order valence-corrected chi connectivity index (χ4v) is 5.47. The Morgan fingerprint density at radius 2 is 1.61 bits per heavy atom. The molecule has 0 saturated carbocycles. The Labute approximate surface area is 190 Å². The van der Waals surface area contributed by atoms with Gasteiger partial charge in [0.1, 0.15) is 0 Å². The third-order valence-corrected chi connectivity index (χ3v) is 7.62. The van der Waals surface area contributed by atoms with E-state index in [0.717, 1.165) is 5.69 Å². The summed E-state index contributed by atoms with van der Waals surface area (Å²) in [6.07, 6.45) is 1.54. The third kappa shape index (κ3) is 4.34. The number of halogens is 2. The summed E-state index contributed by atoms with van der Waals surface area (Å²) in [5, 5.41) is 5.28. The van der Waals surface area contributed by atoms with Crippen molar-refractivity contribution in [2.24, 2.45) is 0 Å². The van der Waals surface area contributed by atoms with Crippen LogP contribution >= 0.6 is 23.2 Å². The Morgan fingerprint density at radius 1 is 0.968 bits per heavy atom. The highest BCUT2D eigenvalue weighted by Crippen LogP contribution is 2.23. The van der Waals surface area contributed by atoms with Crippen LogP contribution in [0.2, 0.25) is 10.0 Å². The molecule has 1 aliphatic heterocycles. The largest absolute Gasteiger partial charge is 0.336 e. The standard InChI is InChI=1S/C21H20Cl2N4O3S/c1-15-20(14-24-27(15)18-6-2-4-16(22)12-18)21(28)25-8-10-26(11-9-25)31(29,30)19-7-3-5-17(23)13-19/h2-7,12-14H,8-11H2,1H3. The molecule has 10 heteroatoms. The second-order valence-corrected chi connectivity index (χ2v) is 10.00. The number of sulfonamides is 1. The number of amides is 1.